The summed E-state index contributed by atoms with van der Waals surface area (Å²) in [5.74, 6) is -2.10. The lowest BCUT2D eigenvalue weighted by atomic mass is 10.2. The molecule has 2 rings (SSSR count). The topological polar surface area (TPSA) is 67.3 Å². The van der Waals surface area contributed by atoms with E-state index >= 15 is 0 Å². The summed E-state index contributed by atoms with van der Waals surface area (Å²) in [5.41, 5.74) is -0.291. The van der Waals surface area contributed by atoms with Crippen LogP contribution in [0.2, 0.25) is 0 Å². The first-order valence-corrected chi connectivity index (χ1v) is 9.77. The lowest BCUT2D eigenvalue weighted by molar-refractivity contribution is -0.140. The molecule has 0 spiro atoms. The molecule has 1 aromatic heterocycles. The van der Waals surface area contributed by atoms with Crippen molar-refractivity contribution in [2.75, 3.05) is 12.8 Å². The normalized spacial score (nSPS) is 12.2. The molecule has 5 nitrogen and oxygen atoms in total. The molecule has 1 heterocycles. The second-order valence-corrected chi connectivity index (χ2v) is 8.40. The smallest absolute Gasteiger partial charge is 0.341 e. The Morgan fingerprint density at radius 1 is 1.24 bits per heavy atom. The Morgan fingerprint density at radius 3 is 2.44 bits per heavy atom. The highest BCUT2D eigenvalue weighted by Gasteiger charge is 2.34. The molecule has 0 aliphatic heterocycles. The third kappa shape index (κ3) is 5.82. The minimum Gasteiger partial charge on any atom is -0.341 e. The number of carbonyl (C=O) groups excluding carboxylic acids is 1. The first-order valence-electron chi connectivity index (χ1n) is 7.07. The van der Waals surface area contributed by atoms with Gasteiger partial charge in [0, 0.05) is 19.0 Å². The molecule has 1 amide bonds. The van der Waals surface area contributed by atoms with Gasteiger partial charge in [-0.3, -0.25) is 4.79 Å². The Labute approximate surface area is 147 Å². The molecule has 0 aliphatic carbocycles. The van der Waals surface area contributed by atoms with E-state index in [1.54, 1.807) is 24.3 Å². The maximum Gasteiger partial charge on any atom is 0.434 e. The van der Waals surface area contributed by atoms with Crippen LogP contribution in [0.15, 0.2) is 35.7 Å². The molecule has 136 valence electrons. The van der Waals surface area contributed by atoms with Crippen molar-refractivity contribution in [3.63, 3.8) is 0 Å². The van der Waals surface area contributed by atoms with E-state index in [9.17, 15) is 26.4 Å². The van der Waals surface area contributed by atoms with Crippen LogP contribution in [0.5, 0.6) is 0 Å². The van der Waals surface area contributed by atoms with Crippen LogP contribution in [0.1, 0.15) is 16.3 Å². The number of amides is 1. The highest BCUT2D eigenvalue weighted by Crippen LogP contribution is 2.30. The van der Waals surface area contributed by atoms with E-state index in [0.29, 0.717) is 11.3 Å². The van der Waals surface area contributed by atoms with Gasteiger partial charge in [0.05, 0.1) is 0 Å². The van der Waals surface area contributed by atoms with E-state index in [1.807, 2.05) is 6.07 Å². The predicted octanol–water partition coefficient (Wildman–Crippen LogP) is 2.74. The summed E-state index contributed by atoms with van der Waals surface area (Å²) in [6.45, 7) is 0.241. The largest absolute Gasteiger partial charge is 0.434 e. The summed E-state index contributed by atoms with van der Waals surface area (Å²) < 4.78 is 61.6. The van der Waals surface area contributed by atoms with Crippen molar-refractivity contribution in [2.45, 2.75) is 18.5 Å². The monoisotopic (exact) mass is 392 g/mol. The molecular weight excluding hydrogens is 377 g/mol. The molecular formula is C15H15F3N2O3S2. The number of carbonyl (C=O) groups is 1. The van der Waals surface area contributed by atoms with Gasteiger partial charge in [-0.05, 0) is 5.56 Å². The number of halogens is 3. The lowest BCUT2D eigenvalue weighted by Crippen LogP contribution is -2.32. The van der Waals surface area contributed by atoms with Crippen LogP contribution in [0, 0.1) is 0 Å². The maximum absolute atomic E-state index is 12.5. The van der Waals surface area contributed by atoms with E-state index in [0.717, 1.165) is 10.9 Å². The fourth-order valence-corrected chi connectivity index (χ4v) is 4.53. The van der Waals surface area contributed by atoms with Crippen molar-refractivity contribution in [1.82, 2.24) is 9.88 Å². The van der Waals surface area contributed by atoms with Gasteiger partial charge in [0.2, 0.25) is 5.91 Å². The van der Waals surface area contributed by atoms with Crippen LogP contribution in [-0.2, 0) is 33.1 Å². The first kappa shape index (κ1) is 19.4. The zero-order chi connectivity index (χ0) is 18.7. The fraction of sp³-hybridized carbons (Fsp3) is 0.333. The molecule has 0 fully saturated rings. The van der Waals surface area contributed by atoms with Gasteiger partial charge < -0.3 is 4.90 Å². The number of hydrogen-bond donors (Lipinski definition) is 0. The van der Waals surface area contributed by atoms with Gasteiger partial charge in [-0.25, -0.2) is 13.4 Å². The van der Waals surface area contributed by atoms with E-state index < -0.39 is 39.1 Å². The Kier molecular flexibility index (Phi) is 5.83. The van der Waals surface area contributed by atoms with Gasteiger partial charge in [-0.2, -0.15) is 13.2 Å². The van der Waals surface area contributed by atoms with Crippen LogP contribution in [-0.4, -0.2) is 37.0 Å². The number of hydrogen-bond acceptors (Lipinski definition) is 5. The van der Waals surface area contributed by atoms with Gasteiger partial charge in [0.1, 0.15) is 16.5 Å². The van der Waals surface area contributed by atoms with Crippen molar-refractivity contribution < 1.29 is 26.4 Å². The maximum atomic E-state index is 12.5. The summed E-state index contributed by atoms with van der Waals surface area (Å²) in [6.07, 6.45) is -4.62. The zero-order valence-electron chi connectivity index (χ0n) is 13.2. The highest BCUT2D eigenvalue weighted by molar-refractivity contribution is 7.91. The molecule has 0 saturated carbocycles. The van der Waals surface area contributed by atoms with Crippen molar-refractivity contribution in [2.24, 2.45) is 0 Å². The van der Waals surface area contributed by atoms with Gasteiger partial charge in [-0.15, -0.1) is 11.3 Å². The number of sulfone groups is 1. The van der Waals surface area contributed by atoms with Crippen LogP contribution in [0.25, 0.3) is 0 Å². The minimum atomic E-state index is -4.62. The number of rotatable bonds is 6. The van der Waals surface area contributed by atoms with Crippen LogP contribution < -0.4 is 0 Å². The predicted molar refractivity (Wildman–Crippen MR) is 87.5 cm³/mol. The summed E-state index contributed by atoms with van der Waals surface area (Å²) in [5, 5.41) is 0.569. The summed E-state index contributed by atoms with van der Waals surface area (Å²) in [6, 6.07) is 9.01. The van der Waals surface area contributed by atoms with Gasteiger partial charge in [0.25, 0.3) is 0 Å². The molecule has 10 heteroatoms. The van der Waals surface area contributed by atoms with Crippen molar-refractivity contribution in [3.8, 4) is 0 Å². The molecule has 1 aromatic carbocycles. The van der Waals surface area contributed by atoms with E-state index in [2.05, 4.69) is 4.98 Å². The summed E-state index contributed by atoms with van der Waals surface area (Å²) in [7, 11) is -2.45. The lowest BCUT2D eigenvalue weighted by Gasteiger charge is -2.17. The Bertz CT molecular complexity index is 833. The van der Waals surface area contributed by atoms with Gasteiger partial charge in [-0.1, -0.05) is 30.3 Å². The molecule has 0 atom stereocenters. The van der Waals surface area contributed by atoms with Gasteiger partial charge in [0.15, 0.2) is 15.5 Å². The van der Waals surface area contributed by atoms with Crippen molar-refractivity contribution >= 4 is 27.1 Å². The third-order valence-corrected chi connectivity index (χ3v) is 5.65. The number of benzene rings is 1. The number of thiazole rings is 1. The van der Waals surface area contributed by atoms with E-state index in [-0.39, 0.29) is 11.6 Å². The molecule has 0 aliphatic rings. The quantitative estimate of drug-likeness (QED) is 0.758. The Hall–Kier alpha value is -1.94. The van der Waals surface area contributed by atoms with Crippen LogP contribution in [0.3, 0.4) is 0 Å². The second kappa shape index (κ2) is 7.52. The van der Waals surface area contributed by atoms with E-state index in [1.165, 1.54) is 11.9 Å². The van der Waals surface area contributed by atoms with Crippen LogP contribution in [0.4, 0.5) is 13.2 Å². The molecule has 0 unspecified atom stereocenters. The van der Waals surface area contributed by atoms with E-state index in [4.69, 9.17) is 0 Å². The Balaban J connectivity index is 1.98. The molecule has 0 radical (unpaired) electrons. The second-order valence-electron chi connectivity index (χ2n) is 5.39. The standard InChI is InChI=1S/C15H15F3N2O3S2/c1-20(7-11-5-3-2-4-6-11)14(21)10-25(22,23)9-13-19-12(8-24-13)15(16,17)18/h2-6,8H,7,9-10H2,1H3. The summed E-state index contributed by atoms with van der Waals surface area (Å²) in [4.78, 5) is 16.6. The fourth-order valence-electron chi connectivity index (χ4n) is 1.99. The van der Waals surface area contributed by atoms with Gasteiger partial charge >= 0.3 is 6.18 Å². The number of nitrogens with zero attached hydrogens (tertiary/aromatic N) is 2. The third-order valence-electron chi connectivity index (χ3n) is 3.22. The average molecular weight is 392 g/mol. The van der Waals surface area contributed by atoms with Crippen molar-refractivity contribution in [3.05, 3.63) is 52.0 Å². The first-order chi connectivity index (χ1) is 11.6. The highest BCUT2D eigenvalue weighted by atomic mass is 32.2. The SMILES string of the molecule is CN(Cc1ccccc1)C(=O)CS(=O)(=O)Cc1nc(C(F)(F)F)cs1. The zero-order valence-corrected chi connectivity index (χ0v) is 14.8. The Morgan fingerprint density at radius 2 is 1.88 bits per heavy atom. The molecule has 0 N–H and O–H groups in total. The molecule has 2 aromatic rings. The number of aromatic nitrogens is 1. The van der Waals surface area contributed by atoms with Crippen molar-refractivity contribution in [1.29, 1.82) is 0 Å². The van der Waals surface area contributed by atoms with Crippen LogP contribution >= 0.6 is 11.3 Å². The average Bonchev–Trinajstić information content (AvgIpc) is 2.95. The minimum absolute atomic E-state index is 0.189. The molecule has 25 heavy (non-hydrogen) atoms. The molecule has 0 saturated heterocycles. The molecule has 0 bridgehead atoms. The number of alkyl halides is 3. The summed E-state index contributed by atoms with van der Waals surface area (Å²) >= 11 is 0.606.